The maximum absolute atomic E-state index is 12.4. The topological polar surface area (TPSA) is 41.6 Å². The van der Waals surface area contributed by atoms with Crippen LogP contribution < -0.4 is 10.1 Å². The number of anilines is 1. The second-order valence-corrected chi connectivity index (χ2v) is 5.60. The van der Waals surface area contributed by atoms with Gasteiger partial charge in [0.05, 0.1) is 7.11 Å². The molecule has 110 valence electrons. The highest BCUT2D eigenvalue weighted by Gasteiger charge is 2.24. The van der Waals surface area contributed by atoms with Gasteiger partial charge in [0.1, 0.15) is 11.8 Å². The van der Waals surface area contributed by atoms with E-state index in [1.54, 1.807) is 7.11 Å². The predicted molar refractivity (Wildman–Crippen MR) is 81.1 cm³/mol. The molecule has 20 heavy (non-hydrogen) atoms. The van der Waals surface area contributed by atoms with Gasteiger partial charge in [-0.3, -0.25) is 4.79 Å². The number of piperidine rings is 1. The van der Waals surface area contributed by atoms with Crippen molar-refractivity contribution >= 4 is 11.6 Å². The van der Waals surface area contributed by atoms with Crippen molar-refractivity contribution in [1.29, 1.82) is 0 Å². The Hall–Kier alpha value is -1.71. The van der Waals surface area contributed by atoms with Crippen molar-refractivity contribution < 1.29 is 9.53 Å². The summed E-state index contributed by atoms with van der Waals surface area (Å²) in [5, 5.41) is 3.25. The van der Waals surface area contributed by atoms with Crippen LogP contribution in [0.4, 0.5) is 5.69 Å². The van der Waals surface area contributed by atoms with Crippen molar-refractivity contribution in [3.63, 3.8) is 0 Å². The summed E-state index contributed by atoms with van der Waals surface area (Å²) in [6.07, 6.45) is 2.22. The first-order valence-corrected chi connectivity index (χ1v) is 7.29. The quantitative estimate of drug-likeness (QED) is 0.919. The summed E-state index contributed by atoms with van der Waals surface area (Å²) in [7, 11) is 1.64. The fourth-order valence-corrected chi connectivity index (χ4v) is 2.50. The third kappa shape index (κ3) is 3.65. The number of hydrogen-bond acceptors (Lipinski definition) is 3. The molecular weight excluding hydrogens is 252 g/mol. The average molecular weight is 276 g/mol. The third-order valence-corrected chi connectivity index (χ3v) is 3.94. The van der Waals surface area contributed by atoms with E-state index in [-0.39, 0.29) is 11.9 Å². The smallest absolute Gasteiger partial charge is 0.244 e. The Labute approximate surface area is 121 Å². The summed E-state index contributed by atoms with van der Waals surface area (Å²) in [6, 6.07) is 7.45. The lowest BCUT2D eigenvalue weighted by Gasteiger charge is -2.32. The van der Waals surface area contributed by atoms with E-state index in [0.717, 1.165) is 43.3 Å². The maximum atomic E-state index is 12.4. The minimum Gasteiger partial charge on any atom is -0.497 e. The van der Waals surface area contributed by atoms with Crippen LogP contribution in [0.5, 0.6) is 5.75 Å². The molecule has 1 aromatic carbocycles. The summed E-state index contributed by atoms with van der Waals surface area (Å²) in [6.45, 7) is 5.94. The molecule has 1 fully saturated rings. The van der Waals surface area contributed by atoms with Gasteiger partial charge in [0, 0.05) is 18.8 Å². The Bertz CT molecular complexity index is 436. The van der Waals surface area contributed by atoms with Gasteiger partial charge < -0.3 is 15.0 Å². The van der Waals surface area contributed by atoms with E-state index < -0.39 is 0 Å². The molecule has 1 amide bonds. The molecule has 4 nitrogen and oxygen atoms in total. The number of ether oxygens (including phenoxy) is 1. The first kappa shape index (κ1) is 14.7. The number of amides is 1. The zero-order valence-corrected chi connectivity index (χ0v) is 12.6. The first-order chi connectivity index (χ1) is 9.60. The Kier molecular flexibility index (Phi) is 4.88. The van der Waals surface area contributed by atoms with E-state index in [1.807, 2.05) is 36.1 Å². The van der Waals surface area contributed by atoms with Crippen LogP contribution in [0.25, 0.3) is 0 Å². The molecule has 1 aliphatic rings. The highest BCUT2D eigenvalue weighted by Crippen LogP contribution is 2.19. The first-order valence-electron chi connectivity index (χ1n) is 7.29. The van der Waals surface area contributed by atoms with Gasteiger partial charge in [-0.2, -0.15) is 0 Å². The fraction of sp³-hybridized carbons (Fsp3) is 0.562. The minimum absolute atomic E-state index is 0.188. The number of nitrogens with one attached hydrogen (secondary N) is 1. The maximum Gasteiger partial charge on any atom is 0.244 e. The van der Waals surface area contributed by atoms with Crippen LogP contribution in [-0.4, -0.2) is 37.0 Å². The molecule has 2 rings (SSSR count). The molecule has 1 aromatic rings. The van der Waals surface area contributed by atoms with E-state index in [9.17, 15) is 4.79 Å². The molecule has 0 aliphatic carbocycles. The number of hydrogen-bond donors (Lipinski definition) is 1. The predicted octanol–water partition coefficient (Wildman–Crippen LogP) is 2.75. The minimum atomic E-state index is -0.197. The van der Waals surface area contributed by atoms with Crippen LogP contribution in [-0.2, 0) is 4.79 Å². The molecule has 0 saturated carbocycles. The van der Waals surface area contributed by atoms with Crippen LogP contribution in [0, 0.1) is 5.92 Å². The highest BCUT2D eigenvalue weighted by atomic mass is 16.5. The molecule has 1 N–H and O–H groups in total. The summed E-state index contributed by atoms with van der Waals surface area (Å²) >= 11 is 0. The molecular formula is C16H24N2O2. The fourth-order valence-electron chi connectivity index (χ4n) is 2.50. The van der Waals surface area contributed by atoms with E-state index in [1.165, 1.54) is 0 Å². The Morgan fingerprint density at radius 3 is 2.45 bits per heavy atom. The lowest BCUT2D eigenvalue weighted by molar-refractivity contribution is -0.132. The summed E-state index contributed by atoms with van der Waals surface area (Å²) in [5.41, 5.74) is 0.942. The molecule has 0 aromatic heterocycles. The highest BCUT2D eigenvalue weighted by molar-refractivity contribution is 5.84. The second kappa shape index (κ2) is 6.64. The van der Waals surface area contributed by atoms with Crippen molar-refractivity contribution in [3.05, 3.63) is 24.3 Å². The number of benzene rings is 1. The molecule has 0 bridgehead atoms. The molecule has 1 unspecified atom stereocenters. The standard InChI is InChI=1S/C16H24N2O2/c1-12-8-10-18(11-9-12)16(19)13(2)17-14-4-6-15(20-3)7-5-14/h4-7,12-13,17H,8-11H2,1-3H3. The van der Waals surface area contributed by atoms with Crippen molar-refractivity contribution in [2.24, 2.45) is 5.92 Å². The molecule has 1 aliphatic heterocycles. The second-order valence-electron chi connectivity index (χ2n) is 5.60. The van der Waals surface area contributed by atoms with Crippen molar-refractivity contribution in [2.45, 2.75) is 32.7 Å². The monoisotopic (exact) mass is 276 g/mol. The average Bonchev–Trinajstić information content (AvgIpc) is 2.48. The summed E-state index contributed by atoms with van der Waals surface area (Å²) < 4.78 is 5.12. The number of likely N-dealkylation sites (tertiary alicyclic amines) is 1. The largest absolute Gasteiger partial charge is 0.497 e. The zero-order valence-electron chi connectivity index (χ0n) is 12.6. The number of carbonyl (C=O) groups excluding carboxylic acids is 1. The van der Waals surface area contributed by atoms with Crippen LogP contribution in [0.2, 0.25) is 0 Å². The van der Waals surface area contributed by atoms with Gasteiger partial charge in [-0.15, -0.1) is 0 Å². The lowest BCUT2D eigenvalue weighted by Crippen LogP contribution is -2.45. The summed E-state index contributed by atoms with van der Waals surface area (Å²) in [4.78, 5) is 14.3. The number of carbonyl (C=O) groups is 1. The molecule has 0 radical (unpaired) electrons. The van der Waals surface area contributed by atoms with Gasteiger partial charge in [-0.1, -0.05) is 6.92 Å². The van der Waals surface area contributed by atoms with E-state index in [2.05, 4.69) is 12.2 Å². The molecule has 1 atom stereocenters. The Morgan fingerprint density at radius 1 is 1.30 bits per heavy atom. The van der Waals surface area contributed by atoms with Gasteiger partial charge in [0.15, 0.2) is 0 Å². The number of methoxy groups -OCH3 is 1. The van der Waals surface area contributed by atoms with Crippen molar-refractivity contribution in [3.8, 4) is 5.75 Å². The number of rotatable bonds is 4. The van der Waals surface area contributed by atoms with Gasteiger partial charge in [0.25, 0.3) is 0 Å². The van der Waals surface area contributed by atoms with E-state index in [4.69, 9.17) is 4.74 Å². The van der Waals surface area contributed by atoms with Crippen LogP contribution >= 0.6 is 0 Å². The molecule has 1 heterocycles. The third-order valence-electron chi connectivity index (χ3n) is 3.94. The van der Waals surface area contributed by atoms with E-state index in [0.29, 0.717) is 0 Å². The normalized spacial score (nSPS) is 17.6. The van der Waals surface area contributed by atoms with Crippen LogP contribution in [0.1, 0.15) is 26.7 Å². The molecule has 0 spiro atoms. The zero-order chi connectivity index (χ0) is 14.5. The van der Waals surface area contributed by atoms with Gasteiger partial charge in [-0.05, 0) is 49.9 Å². The molecule has 1 saturated heterocycles. The van der Waals surface area contributed by atoms with Crippen LogP contribution in [0.15, 0.2) is 24.3 Å². The molecule has 4 heteroatoms. The Balaban J connectivity index is 1.89. The lowest BCUT2D eigenvalue weighted by atomic mass is 9.99. The van der Waals surface area contributed by atoms with Gasteiger partial charge in [-0.25, -0.2) is 0 Å². The van der Waals surface area contributed by atoms with Crippen LogP contribution in [0.3, 0.4) is 0 Å². The SMILES string of the molecule is COc1ccc(NC(C)C(=O)N2CCC(C)CC2)cc1. The van der Waals surface area contributed by atoms with Crippen molar-refractivity contribution in [2.75, 3.05) is 25.5 Å². The van der Waals surface area contributed by atoms with Gasteiger partial charge >= 0.3 is 0 Å². The van der Waals surface area contributed by atoms with Gasteiger partial charge in [0.2, 0.25) is 5.91 Å². The Morgan fingerprint density at radius 2 is 1.90 bits per heavy atom. The summed E-state index contributed by atoms with van der Waals surface area (Å²) in [5.74, 6) is 1.75. The number of nitrogens with zero attached hydrogens (tertiary/aromatic N) is 1. The van der Waals surface area contributed by atoms with E-state index >= 15 is 0 Å². The van der Waals surface area contributed by atoms with Crippen molar-refractivity contribution in [1.82, 2.24) is 4.90 Å².